The quantitative estimate of drug-likeness (QED) is 0.807. The zero-order valence-corrected chi connectivity index (χ0v) is 11.0. The number of hydrogen-bond donors (Lipinski definition) is 2. The first-order chi connectivity index (χ1) is 7.85. The van der Waals surface area contributed by atoms with E-state index in [1.54, 1.807) is 24.1 Å². The summed E-state index contributed by atoms with van der Waals surface area (Å²) in [5.74, 6) is -0.156. The highest BCUT2D eigenvalue weighted by atomic mass is 16.2. The van der Waals surface area contributed by atoms with Gasteiger partial charge in [0.15, 0.2) is 0 Å². The van der Waals surface area contributed by atoms with Gasteiger partial charge in [0.2, 0.25) is 5.91 Å². The van der Waals surface area contributed by atoms with Gasteiger partial charge in [-0.2, -0.15) is 5.10 Å². The highest BCUT2D eigenvalue weighted by molar-refractivity contribution is 5.83. The number of hydrogen-bond acceptors (Lipinski definition) is 3. The Bertz CT molecular complexity index is 384. The predicted molar refractivity (Wildman–Crippen MR) is 67.3 cm³/mol. The SMILES string of the molecule is CCCC(C)(C)NC(=O)C(N)c1cnn(C)c1. The summed E-state index contributed by atoms with van der Waals surface area (Å²) >= 11 is 0. The van der Waals surface area contributed by atoms with Crippen LogP contribution in [0.5, 0.6) is 0 Å². The number of carbonyl (C=O) groups excluding carboxylic acids is 1. The van der Waals surface area contributed by atoms with Crippen molar-refractivity contribution in [1.29, 1.82) is 0 Å². The number of nitrogens with zero attached hydrogens (tertiary/aromatic N) is 2. The Labute approximate surface area is 102 Å². The van der Waals surface area contributed by atoms with Crippen LogP contribution in [0.3, 0.4) is 0 Å². The van der Waals surface area contributed by atoms with Crippen LogP contribution < -0.4 is 11.1 Å². The van der Waals surface area contributed by atoms with Crippen LogP contribution >= 0.6 is 0 Å². The van der Waals surface area contributed by atoms with Gasteiger partial charge in [0.05, 0.1) is 6.20 Å². The lowest BCUT2D eigenvalue weighted by Gasteiger charge is -2.27. The average Bonchev–Trinajstić information content (AvgIpc) is 2.62. The molecule has 1 rings (SSSR count). The van der Waals surface area contributed by atoms with E-state index in [1.165, 1.54) is 0 Å². The maximum Gasteiger partial charge on any atom is 0.242 e. The van der Waals surface area contributed by atoms with Crippen molar-refractivity contribution < 1.29 is 4.79 Å². The van der Waals surface area contributed by atoms with E-state index >= 15 is 0 Å². The fourth-order valence-corrected chi connectivity index (χ4v) is 1.85. The van der Waals surface area contributed by atoms with E-state index in [0.29, 0.717) is 0 Å². The Kier molecular flexibility index (Phi) is 4.28. The molecule has 1 heterocycles. The third kappa shape index (κ3) is 3.85. The van der Waals surface area contributed by atoms with Crippen molar-refractivity contribution in [2.45, 2.75) is 45.2 Å². The van der Waals surface area contributed by atoms with Crippen molar-refractivity contribution in [3.63, 3.8) is 0 Å². The van der Waals surface area contributed by atoms with Crippen molar-refractivity contribution >= 4 is 5.91 Å². The van der Waals surface area contributed by atoms with Gasteiger partial charge in [0.1, 0.15) is 6.04 Å². The molecule has 96 valence electrons. The molecule has 1 atom stereocenters. The van der Waals surface area contributed by atoms with Gasteiger partial charge in [-0.05, 0) is 20.3 Å². The zero-order valence-electron chi connectivity index (χ0n) is 11.0. The summed E-state index contributed by atoms with van der Waals surface area (Å²) in [6.07, 6.45) is 5.34. The molecule has 1 amide bonds. The smallest absolute Gasteiger partial charge is 0.242 e. The van der Waals surface area contributed by atoms with Gasteiger partial charge in [0.25, 0.3) is 0 Å². The predicted octanol–water partition coefficient (Wildman–Crippen LogP) is 1.11. The minimum atomic E-state index is -0.653. The minimum Gasteiger partial charge on any atom is -0.350 e. The second-order valence-corrected chi connectivity index (χ2v) is 5.05. The summed E-state index contributed by atoms with van der Waals surface area (Å²) in [6.45, 7) is 6.10. The van der Waals surface area contributed by atoms with Gasteiger partial charge in [-0.15, -0.1) is 0 Å². The largest absolute Gasteiger partial charge is 0.350 e. The molecule has 0 saturated carbocycles. The number of carbonyl (C=O) groups is 1. The number of aromatic nitrogens is 2. The highest BCUT2D eigenvalue weighted by Crippen LogP contribution is 2.14. The summed E-state index contributed by atoms with van der Waals surface area (Å²) in [4.78, 5) is 12.0. The molecule has 0 saturated heterocycles. The second-order valence-electron chi connectivity index (χ2n) is 5.05. The Morgan fingerprint density at radius 1 is 1.65 bits per heavy atom. The van der Waals surface area contributed by atoms with Crippen molar-refractivity contribution in [3.8, 4) is 0 Å². The third-order valence-corrected chi connectivity index (χ3v) is 2.70. The van der Waals surface area contributed by atoms with Crippen molar-refractivity contribution in [2.75, 3.05) is 0 Å². The first-order valence-electron chi connectivity index (χ1n) is 5.92. The van der Waals surface area contributed by atoms with E-state index in [1.807, 2.05) is 13.8 Å². The molecular weight excluding hydrogens is 216 g/mol. The van der Waals surface area contributed by atoms with Gasteiger partial charge < -0.3 is 11.1 Å². The number of aryl methyl sites for hydroxylation is 1. The number of rotatable bonds is 5. The van der Waals surface area contributed by atoms with Gasteiger partial charge >= 0.3 is 0 Å². The Balaban J connectivity index is 2.64. The standard InChI is InChI=1S/C12H22N4O/c1-5-6-12(2,3)15-11(17)10(13)9-7-14-16(4)8-9/h7-8,10H,5-6,13H2,1-4H3,(H,15,17). The topological polar surface area (TPSA) is 72.9 Å². The first-order valence-corrected chi connectivity index (χ1v) is 5.92. The van der Waals surface area contributed by atoms with E-state index < -0.39 is 6.04 Å². The summed E-state index contributed by atoms with van der Waals surface area (Å²) in [7, 11) is 1.80. The van der Waals surface area contributed by atoms with Gasteiger partial charge in [-0.1, -0.05) is 13.3 Å². The van der Waals surface area contributed by atoms with Crippen LogP contribution in [0.4, 0.5) is 0 Å². The van der Waals surface area contributed by atoms with Crippen LogP contribution in [0.15, 0.2) is 12.4 Å². The Hall–Kier alpha value is -1.36. The van der Waals surface area contributed by atoms with Gasteiger partial charge in [-0.3, -0.25) is 9.48 Å². The summed E-state index contributed by atoms with van der Waals surface area (Å²) in [5, 5.41) is 6.97. The molecule has 0 aliphatic rings. The molecule has 17 heavy (non-hydrogen) atoms. The molecule has 1 aromatic rings. The van der Waals surface area contributed by atoms with Gasteiger partial charge in [0, 0.05) is 24.3 Å². The molecule has 0 fully saturated rings. The second kappa shape index (κ2) is 5.31. The highest BCUT2D eigenvalue weighted by Gasteiger charge is 2.24. The molecule has 5 nitrogen and oxygen atoms in total. The number of nitrogens with one attached hydrogen (secondary N) is 1. The minimum absolute atomic E-state index is 0.156. The maximum atomic E-state index is 12.0. The van der Waals surface area contributed by atoms with Crippen LogP contribution in [-0.4, -0.2) is 21.2 Å². The van der Waals surface area contributed by atoms with Crippen LogP contribution in [0.25, 0.3) is 0 Å². The first kappa shape index (κ1) is 13.7. The average molecular weight is 238 g/mol. The molecule has 5 heteroatoms. The lowest BCUT2D eigenvalue weighted by Crippen LogP contribution is -2.47. The van der Waals surface area contributed by atoms with Crippen LogP contribution in [0.1, 0.15) is 45.2 Å². The lowest BCUT2D eigenvalue weighted by atomic mass is 9.98. The van der Waals surface area contributed by atoms with Crippen molar-refractivity contribution in [2.24, 2.45) is 12.8 Å². The van der Waals surface area contributed by atoms with E-state index in [0.717, 1.165) is 18.4 Å². The van der Waals surface area contributed by atoms with Crippen LogP contribution in [0, 0.1) is 0 Å². The molecule has 0 radical (unpaired) electrons. The van der Waals surface area contributed by atoms with E-state index in [2.05, 4.69) is 17.3 Å². The van der Waals surface area contributed by atoms with Crippen LogP contribution in [-0.2, 0) is 11.8 Å². The fraction of sp³-hybridized carbons (Fsp3) is 0.667. The fourth-order valence-electron chi connectivity index (χ4n) is 1.85. The van der Waals surface area contributed by atoms with Crippen molar-refractivity contribution in [3.05, 3.63) is 18.0 Å². The summed E-state index contributed by atoms with van der Waals surface area (Å²) in [6, 6.07) is -0.653. The molecule has 3 N–H and O–H groups in total. The monoisotopic (exact) mass is 238 g/mol. The molecule has 1 unspecified atom stereocenters. The molecule has 0 aliphatic heterocycles. The number of amides is 1. The summed E-state index contributed by atoms with van der Waals surface area (Å²) in [5.41, 5.74) is 6.41. The van der Waals surface area contributed by atoms with E-state index in [9.17, 15) is 4.79 Å². The molecule has 1 aromatic heterocycles. The van der Waals surface area contributed by atoms with Crippen LogP contribution in [0.2, 0.25) is 0 Å². The van der Waals surface area contributed by atoms with E-state index in [4.69, 9.17) is 5.73 Å². The third-order valence-electron chi connectivity index (χ3n) is 2.70. The molecular formula is C12H22N4O. The number of nitrogens with two attached hydrogens (primary N) is 1. The molecule has 0 bridgehead atoms. The van der Waals surface area contributed by atoms with E-state index in [-0.39, 0.29) is 11.4 Å². The maximum absolute atomic E-state index is 12.0. The zero-order chi connectivity index (χ0) is 13.1. The normalized spacial score (nSPS) is 13.5. The molecule has 0 aliphatic carbocycles. The molecule has 0 aromatic carbocycles. The molecule has 0 spiro atoms. The Morgan fingerprint density at radius 2 is 2.29 bits per heavy atom. The Morgan fingerprint density at radius 3 is 2.76 bits per heavy atom. The lowest BCUT2D eigenvalue weighted by molar-refractivity contribution is -0.124. The van der Waals surface area contributed by atoms with Gasteiger partial charge in [-0.25, -0.2) is 0 Å². The summed E-state index contributed by atoms with van der Waals surface area (Å²) < 4.78 is 1.64. The van der Waals surface area contributed by atoms with Crippen molar-refractivity contribution in [1.82, 2.24) is 15.1 Å².